The van der Waals surface area contributed by atoms with Gasteiger partial charge < -0.3 is 14.7 Å². The molecular weight excluding hydrogens is 362 g/mol. The largest absolute Gasteiger partial charge is 0.415 e. The van der Waals surface area contributed by atoms with Gasteiger partial charge >= 0.3 is 6.09 Å². The number of benzene rings is 2. The van der Waals surface area contributed by atoms with E-state index in [2.05, 4.69) is 0 Å². The average molecular weight is 396 g/mol. The zero-order chi connectivity index (χ0) is 21.6. The molecule has 0 aliphatic heterocycles. The number of hydrogen-bond donors (Lipinski definition) is 1. The van der Waals surface area contributed by atoms with E-state index in [4.69, 9.17) is 4.74 Å². The van der Waals surface area contributed by atoms with E-state index in [0.717, 1.165) is 11.1 Å². The van der Waals surface area contributed by atoms with E-state index in [-0.39, 0.29) is 18.0 Å². The normalized spacial score (nSPS) is 13.5. The van der Waals surface area contributed by atoms with Gasteiger partial charge in [-0.15, -0.1) is 0 Å². The smallest absolute Gasteiger partial charge is 0.410 e. The second-order valence-corrected chi connectivity index (χ2v) is 8.40. The summed E-state index contributed by atoms with van der Waals surface area (Å²) < 4.78 is 5.91. The van der Waals surface area contributed by atoms with Gasteiger partial charge in [0, 0.05) is 23.6 Å². The van der Waals surface area contributed by atoms with Gasteiger partial charge in [0.2, 0.25) is 0 Å². The summed E-state index contributed by atoms with van der Waals surface area (Å²) in [5.41, 5.74) is 0.705. The molecule has 0 saturated carbocycles. The van der Waals surface area contributed by atoms with Crippen LogP contribution in [-0.4, -0.2) is 33.8 Å². The van der Waals surface area contributed by atoms with Crippen molar-refractivity contribution in [2.45, 2.75) is 65.1 Å². The first-order valence-corrected chi connectivity index (χ1v) is 10.2. The maximum Gasteiger partial charge on any atom is 0.415 e. The predicted molar refractivity (Wildman–Crippen MR) is 118 cm³/mol. The Morgan fingerprint density at radius 1 is 0.931 bits per heavy atom. The highest BCUT2D eigenvalue weighted by Gasteiger charge is 2.29. The maximum atomic E-state index is 13.0. The first-order chi connectivity index (χ1) is 13.6. The molecule has 0 radical (unpaired) electrons. The van der Waals surface area contributed by atoms with E-state index >= 15 is 0 Å². The van der Waals surface area contributed by atoms with Crippen molar-refractivity contribution in [1.82, 2.24) is 4.90 Å². The summed E-state index contributed by atoms with van der Waals surface area (Å²) in [7, 11) is 0. The monoisotopic (exact) mass is 395 g/mol. The molecular formula is C25H33NO3. The lowest BCUT2D eigenvalue weighted by molar-refractivity contribution is 0.0642. The topological polar surface area (TPSA) is 49.8 Å². The van der Waals surface area contributed by atoms with Gasteiger partial charge in [-0.05, 0) is 53.2 Å². The van der Waals surface area contributed by atoms with Gasteiger partial charge in [0.25, 0.3) is 0 Å². The third-order valence-corrected chi connectivity index (χ3v) is 4.82. The molecule has 0 spiro atoms. The predicted octanol–water partition coefficient (Wildman–Crippen LogP) is 5.84. The van der Waals surface area contributed by atoms with E-state index in [1.165, 1.54) is 0 Å². The van der Waals surface area contributed by atoms with Gasteiger partial charge in [0.05, 0.1) is 5.60 Å². The van der Waals surface area contributed by atoms with Crippen LogP contribution in [0.4, 0.5) is 4.79 Å². The van der Waals surface area contributed by atoms with Crippen molar-refractivity contribution in [3.63, 3.8) is 0 Å². The van der Waals surface area contributed by atoms with Crippen LogP contribution in [-0.2, 0) is 4.74 Å². The summed E-state index contributed by atoms with van der Waals surface area (Å²) in [5.74, 6) is 0.0936. The molecule has 2 aromatic carbocycles. The molecule has 0 heterocycles. The summed E-state index contributed by atoms with van der Waals surface area (Å²) in [4.78, 5) is 14.7. The molecule has 2 rings (SSSR count). The number of rotatable bonds is 7. The molecule has 156 valence electrons. The van der Waals surface area contributed by atoms with Gasteiger partial charge in [0.1, 0.15) is 5.76 Å². The molecule has 0 bridgehead atoms. The summed E-state index contributed by atoms with van der Waals surface area (Å²) >= 11 is 0. The highest BCUT2D eigenvalue weighted by atomic mass is 16.6. The van der Waals surface area contributed by atoms with Crippen LogP contribution in [0.5, 0.6) is 0 Å². The van der Waals surface area contributed by atoms with Gasteiger partial charge in [-0.25, -0.2) is 4.79 Å². The molecule has 0 aliphatic carbocycles. The van der Waals surface area contributed by atoms with Crippen molar-refractivity contribution < 1.29 is 14.6 Å². The van der Waals surface area contributed by atoms with Crippen LogP contribution in [0.1, 0.15) is 58.6 Å². The Morgan fingerprint density at radius 3 is 1.86 bits per heavy atom. The molecule has 0 fully saturated rings. The van der Waals surface area contributed by atoms with Crippen molar-refractivity contribution in [3.05, 3.63) is 77.9 Å². The van der Waals surface area contributed by atoms with Crippen LogP contribution in [0, 0.1) is 0 Å². The molecule has 4 nitrogen and oxygen atoms in total. The van der Waals surface area contributed by atoms with Crippen LogP contribution >= 0.6 is 0 Å². The Labute approximate surface area is 174 Å². The van der Waals surface area contributed by atoms with Gasteiger partial charge in [0.15, 0.2) is 0 Å². The van der Waals surface area contributed by atoms with E-state index in [1.54, 1.807) is 18.7 Å². The Hall–Kier alpha value is -2.59. The summed E-state index contributed by atoms with van der Waals surface area (Å²) in [6, 6.07) is 19.3. The van der Waals surface area contributed by atoms with Crippen LogP contribution in [0.15, 0.2) is 66.7 Å². The fourth-order valence-electron chi connectivity index (χ4n) is 3.48. The molecule has 1 atom stereocenters. The van der Waals surface area contributed by atoms with E-state index in [0.29, 0.717) is 5.76 Å². The molecule has 2 aromatic rings. The van der Waals surface area contributed by atoms with Crippen molar-refractivity contribution in [2.24, 2.45) is 0 Å². The summed E-state index contributed by atoms with van der Waals surface area (Å²) in [5, 5.41) is 10.9. The highest BCUT2D eigenvalue weighted by Crippen LogP contribution is 2.33. The lowest BCUT2D eigenvalue weighted by atomic mass is 9.84. The third kappa shape index (κ3) is 6.20. The lowest BCUT2D eigenvalue weighted by Crippen LogP contribution is -2.42. The molecule has 1 amide bonds. The Kier molecular flexibility index (Phi) is 7.63. The number of carbonyl (C=O) groups excluding carboxylic acids is 1. The number of ether oxygens (including phenoxy) is 1. The zero-order valence-corrected chi connectivity index (χ0v) is 18.3. The van der Waals surface area contributed by atoms with E-state index < -0.39 is 11.7 Å². The van der Waals surface area contributed by atoms with Crippen LogP contribution in [0.25, 0.3) is 5.76 Å². The minimum absolute atomic E-state index is 0.0127. The Morgan fingerprint density at radius 2 is 1.41 bits per heavy atom. The van der Waals surface area contributed by atoms with Crippen LogP contribution in [0.3, 0.4) is 0 Å². The summed E-state index contributed by atoms with van der Waals surface area (Å²) in [6.45, 7) is 11.4. The standard InChI is InChI=1S/C25H33NO3/c1-18(2)26(19(3)4)24(27)29-23(21-15-11-8-12-16-21)17-22(25(5,6)28)20-13-9-7-10-14-20/h7-19,22,28H,1-6H3/b23-17-/t22-/m1/s1. The SMILES string of the molecule is CC(C)N(C(=O)O/C(=C\[C@H](c1ccccc1)C(C)(C)O)c1ccccc1)C(C)C. The minimum atomic E-state index is -1.04. The number of hydrogen-bond acceptors (Lipinski definition) is 3. The van der Waals surface area contributed by atoms with Gasteiger partial charge in [-0.3, -0.25) is 0 Å². The van der Waals surface area contributed by atoms with Crippen molar-refractivity contribution in [1.29, 1.82) is 0 Å². The van der Waals surface area contributed by atoms with Crippen LogP contribution < -0.4 is 0 Å². The number of nitrogens with zero attached hydrogens (tertiary/aromatic N) is 1. The van der Waals surface area contributed by atoms with Crippen molar-refractivity contribution in [2.75, 3.05) is 0 Å². The minimum Gasteiger partial charge on any atom is -0.410 e. The lowest BCUT2D eigenvalue weighted by Gasteiger charge is -2.31. The van der Waals surface area contributed by atoms with Crippen molar-refractivity contribution in [3.8, 4) is 0 Å². The van der Waals surface area contributed by atoms with Crippen LogP contribution in [0.2, 0.25) is 0 Å². The fraction of sp³-hybridized carbons (Fsp3) is 0.400. The molecule has 0 saturated heterocycles. The quantitative estimate of drug-likeness (QED) is 0.599. The van der Waals surface area contributed by atoms with E-state index in [9.17, 15) is 9.90 Å². The highest BCUT2D eigenvalue weighted by molar-refractivity contribution is 5.77. The first kappa shape index (κ1) is 22.7. The maximum absolute atomic E-state index is 13.0. The zero-order valence-electron chi connectivity index (χ0n) is 18.3. The molecule has 1 N–H and O–H groups in total. The fourth-order valence-corrected chi connectivity index (χ4v) is 3.48. The number of aliphatic hydroxyl groups is 1. The van der Waals surface area contributed by atoms with Gasteiger partial charge in [-0.2, -0.15) is 0 Å². The molecule has 0 aliphatic rings. The third-order valence-electron chi connectivity index (χ3n) is 4.82. The Balaban J connectivity index is 2.51. The van der Waals surface area contributed by atoms with Gasteiger partial charge in [-0.1, -0.05) is 60.7 Å². The van der Waals surface area contributed by atoms with E-state index in [1.807, 2.05) is 94.4 Å². The number of amides is 1. The second-order valence-electron chi connectivity index (χ2n) is 8.40. The Bertz CT molecular complexity index is 797. The average Bonchev–Trinajstić information content (AvgIpc) is 2.64. The second kappa shape index (κ2) is 9.75. The molecule has 0 unspecified atom stereocenters. The summed E-state index contributed by atoms with van der Waals surface area (Å²) in [6.07, 6.45) is 1.45. The van der Waals surface area contributed by atoms with Crippen molar-refractivity contribution >= 4 is 11.9 Å². The molecule has 0 aromatic heterocycles. The molecule has 29 heavy (non-hydrogen) atoms. The first-order valence-electron chi connectivity index (χ1n) is 10.2. The number of carbonyl (C=O) groups is 1. The molecule has 4 heteroatoms.